The van der Waals surface area contributed by atoms with Crippen LogP contribution in [0.1, 0.15) is 30.1 Å². The number of furan rings is 3. The van der Waals surface area contributed by atoms with Crippen LogP contribution in [0.3, 0.4) is 0 Å². The number of ketones is 2. The Hall–Kier alpha value is -6.95. The molecule has 0 aliphatic carbocycles. The number of halogens is 1. The number of morpholine rings is 2. The second-order valence-corrected chi connectivity index (χ2v) is 16.6. The number of nitrogens with one attached hydrogen (secondary N) is 2. The summed E-state index contributed by atoms with van der Waals surface area (Å²) in [6.45, 7) is 9.01. The molecule has 0 unspecified atom stereocenters. The molecule has 2 N–H and O–H groups in total. The number of rotatable bonds is 6. The van der Waals surface area contributed by atoms with Gasteiger partial charge in [-0.2, -0.15) is 0 Å². The number of likely N-dealkylation sites (N-methyl/N-ethyl adjacent to an activating group) is 3. The first-order valence-corrected chi connectivity index (χ1v) is 21.9. The number of amides is 8. The quantitative estimate of drug-likeness (QED) is 0.153. The number of urea groups is 1. The Labute approximate surface area is 391 Å². The molecular formula is C44H47BrN8O14. The third kappa shape index (κ3) is 11.5. The van der Waals surface area contributed by atoms with Gasteiger partial charge < -0.3 is 42.3 Å². The number of carbonyl (C=O) groups excluding carboxylic acids is 9. The first-order valence-electron chi connectivity index (χ1n) is 21.1. The Morgan fingerprint density at radius 2 is 0.955 bits per heavy atom. The zero-order valence-electron chi connectivity index (χ0n) is 36.8. The zero-order chi connectivity index (χ0) is 47.9. The number of imide groups is 4. The molecule has 6 saturated heterocycles. The van der Waals surface area contributed by atoms with E-state index in [1.54, 1.807) is 24.3 Å². The minimum atomic E-state index is -0.693. The van der Waals surface area contributed by atoms with Crippen molar-refractivity contribution in [3.63, 3.8) is 0 Å². The van der Waals surface area contributed by atoms with E-state index in [0.29, 0.717) is 74.5 Å². The van der Waals surface area contributed by atoms with Crippen molar-refractivity contribution >= 4 is 105 Å². The van der Waals surface area contributed by atoms with Gasteiger partial charge in [-0.15, -0.1) is 0 Å². The molecule has 67 heavy (non-hydrogen) atoms. The maximum absolute atomic E-state index is 12.2. The van der Waals surface area contributed by atoms with E-state index in [1.165, 1.54) is 32.3 Å². The van der Waals surface area contributed by atoms with Gasteiger partial charge in [0.25, 0.3) is 23.6 Å². The van der Waals surface area contributed by atoms with Gasteiger partial charge >= 0.3 is 6.03 Å². The summed E-state index contributed by atoms with van der Waals surface area (Å²) in [5.74, 6) is -1.56. The predicted molar refractivity (Wildman–Crippen MR) is 240 cm³/mol. The molecule has 3 aromatic heterocycles. The lowest BCUT2D eigenvalue weighted by molar-refractivity contribution is -0.137. The first kappa shape index (κ1) is 48.0. The fourth-order valence-electron chi connectivity index (χ4n) is 7.33. The van der Waals surface area contributed by atoms with Crippen molar-refractivity contribution in [2.45, 2.75) is 12.8 Å². The van der Waals surface area contributed by atoms with Crippen LogP contribution in [0.2, 0.25) is 0 Å². The average molecular weight is 992 g/mol. The molecule has 6 fully saturated rings. The molecule has 0 bridgehead atoms. The van der Waals surface area contributed by atoms with Gasteiger partial charge in [-0.1, -0.05) is 0 Å². The zero-order valence-corrected chi connectivity index (χ0v) is 38.4. The van der Waals surface area contributed by atoms with Crippen LogP contribution in [0.4, 0.5) is 22.4 Å². The molecular weight excluding hydrogens is 944 g/mol. The van der Waals surface area contributed by atoms with Crippen LogP contribution in [0, 0.1) is 0 Å². The lowest BCUT2D eigenvalue weighted by atomic mass is 10.0. The third-order valence-electron chi connectivity index (χ3n) is 11.1. The van der Waals surface area contributed by atoms with E-state index in [1.807, 2.05) is 15.9 Å². The normalized spacial score (nSPS) is 21.1. The number of anilines is 3. The van der Waals surface area contributed by atoms with Crippen molar-refractivity contribution in [1.82, 2.24) is 25.3 Å². The Morgan fingerprint density at radius 3 is 1.43 bits per heavy atom. The lowest BCUT2D eigenvalue weighted by Gasteiger charge is -2.32. The fourth-order valence-corrected chi connectivity index (χ4v) is 7.88. The van der Waals surface area contributed by atoms with Crippen LogP contribution in [0.5, 0.6) is 0 Å². The van der Waals surface area contributed by atoms with Crippen molar-refractivity contribution in [2.75, 3.05) is 115 Å². The molecule has 354 valence electrons. The second kappa shape index (κ2) is 21.1. The minimum Gasteiger partial charge on any atom is -0.441 e. The number of hydrogen-bond donors (Lipinski definition) is 2. The van der Waals surface area contributed by atoms with Gasteiger partial charge in [-0.25, -0.2) is 4.79 Å². The molecule has 0 spiro atoms. The van der Waals surface area contributed by atoms with E-state index >= 15 is 0 Å². The third-order valence-corrected chi connectivity index (χ3v) is 11.7. The Kier molecular flexibility index (Phi) is 15.1. The summed E-state index contributed by atoms with van der Waals surface area (Å²) in [4.78, 5) is 115. The molecule has 0 saturated carbocycles. The number of carbonyl (C=O) groups is 9. The first-order chi connectivity index (χ1) is 32.1. The van der Waals surface area contributed by atoms with E-state index < -0.39 is 53.0 Å². The maximum Gasteiger partial charge on any atom is 0.333 e. The molecule has 0 aromatic carbocycles. The molecule has 9 heterocycles. The Bertz CT molecular complexity index is 2500. The van der Waals surface area contributed by atoms with E-state index in [4.69, 9.17) is 22.7 Å². The van der Waals surface area contributed by atoms with Gasteiger partial charge in [0.2, 0.25) is 17.7 Å². The van der Waals surface area contributed by atoms with Gasteiger partial charge in [0.15, 0.2) is 23.3 Å². The van der Waals surface area contributed by atoms with Crippen LogP contribution in [0.15, 0.2) is 64.8 Å². The van der Waals surface area contributed by atoms with E-state index in [9.17, 15) is 43.2 Å². The van der Waals surface area contributed by atoms with E-state index in [0.717, 1.165) is 53.5 Å². The topological polar surface area (TPSA) is 255 Å². The maximum atomic E-state index is 12.2. The summed E-state index contributed by atoms with van der Waals surface area (Å²) >= 11 is 3.41. The molecule has 22 nitrogen and oxygen atoms in total. The van der Waals surface area contributed by atoms with Gasteiger partial charge in [-0.05, 0) is 53.3 Å². The molecule has 3 aromatic rings. The van der Waals surface area contributed by atoms with Crippen molar-refractivity contribution in [3.05, 3.63) is 68.8 Å². The molecule has 6 aliphatic heterocycles. The highest BCUT2D eigenvalue weighted by Gasteiger charge is 2.38. The smallest absolute Gasteiger partial charge is 0.333 e. The minimum absolute atomic E-state index is 0.0579. The van der Waals surface area contributed by atoms with Gasteiger partial charge in [0.1, 0.15) is 22.9 Å². The molecule has 23 heteroatoms. The summed E-state index contributed by atoms with van der Waals surface area (Å²) in [6, 6.07) is 8.07. The number of piperazine rings is 1. The Balaban J connectivity index is 0.000000149. The van der Waals surface area contributed by atoms with Crippen molar-refractivity contribution in [2.24, 2.45) is 0 Å². The number of piperidine rings is 2. The molecule has 0 radical (unpaired) electrons. The van der Waals surface area contributed by atoms with Gasteiger partial charge in [0.05, 0.1) is 54.9 Å². The molecule has 6 aliphatic rings. The molecule has 9 rings (SSSR count). The van der Waals surface area contributed by atoms with Crippen LogP contribution in [-0.4, -0.2) is 168 Å². The van der Waals surface area contributed by atoms with Gasteiger partial charge in [0, 0.05) is 84.7 Å². The number of nitrogens with zero attached hydrogens (tertiary/aromatic N) is 6. The van der Waals surface area contributed by atoms with Crippen molar-refractivity contribution in [3.8, 4) is 0 Å². The van der Waals surface area contributed by atoms with Gasteiger partial charge in [-0.3, -0.25) is 58.8 Å². The van der Waals surface area contributed by atoms with Crippen LogP contribution in [0.25, 0.3) is 18.2 Å². The van der Waals surface area contributed by atoms with Crippen LogP contribution >= 0.6 is 15.9 Å². The Morgan fingerprint density at radius 1 is 0.522 bits per heavy atom. The van der Waals surface area contributed by atoms with E-state index in [2.05, 4.69) is 43.4 Å². The predicted octanol–water partition coefficient (Wildman–Crippen LogP) is 1.46. The van der Waals surface area contributed by atoms with Crippen molar-refractivity contribution in [1.29, 1.82) is 0 Å². The SMILES string of the molecule is CN1CCN(c2ccc(C=C3C(=O)N(C)C(=O)N(C)C3=O)o2)CC1.O=C1CC(=O)/C(=C\c2cc(Br)c(N3CCOCC3)o2)C(=O)N1.O=C1CC(=O)/C(=C\c2ccc(N3CCOCC3)o2)C(=O)N1. The highest BCUT2D eigenvalue weighted by molar-refractivity contribution is 9.10. The summed E-state index contributed by atoms with van der Waals surface area (Å²) in [5, 5.41) is 4.23. The average Bonchev–Trinajstić information content (AvgIpc) is 4.08. The largest absolute Gasteiger partial charge is 0.441 e. The standard InChI is InChI=1S/C16H20N4O4.C14H13BrN2O5.C14H14N2O5/c1-17-6-8-20(9-7-17)13-5-4-11(24-13)10-12-14(21)18(2)16(23)19(3)15(12)22;15-10-6-8(22-14(10)17-1-3-21-4-2-17)5-9-11(18)7-12(19)16-13(9)20;17-11-8-12(18)15-14(19)10(11)7-9-1-2-13(21-9)16-3-5-20-6-4-16/h4-5,10H,6-9H2,1-3H3;5-6H,1-4,7H2,(H,16,19,20);1-2,7H,3-6,8H2,(H,15,18,19)/b;9-5+;10-7+. The highest BCUT2D eigenvalue weighted by Crippen LogP contribution is 2.32. The van der Waals surface area contributed by atoms with Crippen LogP contribution < -0.4 is 25.3 Å². The number of Topliss-reactive ketones (excluding diaryl/α,β-unsaturated/α-hetero) is 2. The summed E-state index contributed by atoms with van der Waals surface area (Å²) in [7, 11) is 4.77. The number of hydrogen-bond acceptors (Lipinski definition) is 18. The van der Waals surface area contributed by atoms with Crippen LogP contribution in [-0.2, 0) is 47.8 Å². The number of ether oxygens (including phenoxy) is 2. The molecule has 0 atom stereocenters. The lowest BCUT2D eigenvalue weighted by Crippen LogP contribution is -2.52. The highest BCUT2D eigenvalue weighted by atomic mass is 79.9. The molecule has 8 amide bonds. The fraction of sp³-hybridized carbons (Fsp3) is 0.386. The van der Waals surface area contributed by atoms with E-state index in [-0.39, 0.29) is 29.6 Å². The number of barbiturate groups is 1. The van der Waals surface area contributed by atoms with Crippen molar-refractivity contribution < 1.29 is 65.9 Å². The summed E-state index contributed by atoms with van der Waals surface area (Å²) < 4.78 is 28.4. The summed E-state index contributed by atoms with van der Waals surface area (Å²) in [6.07, 6.45) is 3.49. The monoisotopic (exact) mass is 990 g/mol. The summed E-state index contributed by atoms with van der Waals surface area (Å²) in [5.41, 5.74) is -0.217. The second-order valence-electron chi connectivity index (χ2n) is 15.8.